The molecule has 1 aliphatic heterocycles. The Bertz CT molecular complexity index is 504. The Morgan fingerprint density at radius 1 is 1.43 bits per heavy atom. The van der Waals surface area contributed by atoms with Gasteiger partial charge in [-0.2, -0.15) is 5.26 Å². The van der Waals surface area contributed by atoms with Crippen molar-refractivity contribution in [3.05, 3.63) is 29.8 Å². The molecule has 112 valence electrons. The number of carbonyl (C=O) groups is 1. The number of carbonyl (C=O) groups excluding carboxylic acids is 1. The van der Waals surface area contributed by atoms with Crippen LogP contribution in [0, 0.1) is 11.3 Å². The predicted molar refractivity (Wildman–Crippen MR) is 83.9 cm³/mol. The summed E-state index contributed by atoms with van der Waals surface area (Å²) in [5.74, 6) is 0.0481. The lowest BCUT2D eigenvalue weighted by atomic mass is 10.1. The minimum Gasteiger partial charge on any atom is -0.326 e. The third-order valence-corrected chi connectivity index (χ3v) is 4.12. The Morgan fingerprint density at radius 3 is 2.86 bits per heavy atom. The smallest absolute Gasteiger partial charge is 0.224 e. The monoisotopic (exact) mass is 285 g/mol. The van der Waals surface area contributed by atoms with E-state index in [1.165, 1.54) is 25.8 Å². The van der Waals surface area contributed by atoms with Crippen molar-refractivity contribution >= 4 is 11.6 Å². The van der Waals surface area contributed by atoms with E-state index in [4.69, 9.17) is 5.26 Å². The highest BCUT2D eigenvalue weighted by Gasteiger charge is 2.22. The quantitative estimate of drug-likeness (QED) is 0.873. The second kappa shape index (κ2) is 7.80. The summed E-state index contributed by atoms with van der Waals surface area (Å²) >= 11 is 0. The highest BCUT2D eigenvalue weighted by molar-refractivity contribution is 5.90. The fraction of sp³-hybridized carbons (Fsp3) is 0.529. The van der Waals surface area contributed by atoms with Crippen LogP contribution in [0.2, 0.25) is 0 Å². The average Bonchev–Trinajstić information content (AvgIpc) is 2.95. The molecule has 1 heterocycles. The standard InChI is InChI=1S/C17H23N3O/c1-2-16-5-3-11-20(16)12-4-6-17(21)19-15-9-7-14(13-18)8-10-15/h7-10,16H,2-6,11-12H2,1H3,(H,19,21). The van der Waals surface area contributed by atoms with Crippen LogP contribution in [0.5, 0.6) is 0 Å². The van der Waals surface area contributed by atoms with Crippen molar-refractivity contribution in [2.24, 2.45) is 0 Å². The van der Waals surface area contributed by atoms with E-state index in [0.29, 0.717) is 18.0 Å². The van der Waals surface area contributed by atoms with Crippen LogP contribution >= 0.6 is 0 Å². The average molecular weight is 285 g/mol. The van der Waals surface area contributed by atoms with Gasteiger partial charge in [-0.3, -0.25) is 4.79 Å². The first-order valence-electron chi connectivity index (χ1n) is 7.77. The number of likely N-dealkylation sites (tertiary alicyclic amines) is 1. The van der Waals surface area contributed by atoms with E-state index in [-0.39, 0.29) is 5.91 Å². The zero-order valence-corrected chi connectivity index (χ0v) is 12.6. The van der Waals surface area contributed by atoms with Crippen molar-refractivity contribution < 1.29 is 4.79 Å². The van der Waals surface area contributed by atoms with E-state index in [1.807, 2.05) is 0 Å². The van der Waals surface area contributed by atoms with Gasteiger partial charge in [0.15, 0.2) is 0 Å². The number of nitriles is 1. The number of anilines is 1. The third-order valence-electron chi connectivity index (χ3n) is 4.12. The van der Waals surface area contributed by atoms with Crippen LogP contribution < -0.4 is 5.32 Å². The summed E-state index contributed by atoms with van der Waals surface area (Å²) in [5, 5.41) is 11.6. The summed E-state index contributed by atoms with van der Waals surface area (Å²) in [6.07, 6.45) is 5.24. The number of amides is 1. The largest absolute Gasteiger partial charge is 0.326 e. The van der Waals surface area contributed by atoms with Crippen molar-refractivity contribution in [1.82, 2.24) is 4.90 Å². The zero-order chi connectivity index (χ0) is 15.1. The van der Waals surface area contributed by atoms with Crippen LogP contribution in [0.25, 0.3) is 0 Å². The molecule has 1 aromatic carbocycles. The minimum absolute atomic E-state index is 0.0481. The molecule has 0 bridgehead atoms. The first kappa shape index (κ1) is 15.5. The maximum atomic E-state index is 11.9. The van der Waals surface area contributed by atoms with E-state index in [9.17, 15) is 4.79 Å². The van der Waals surface area contributed by atoms with Crippen molar-refractivity contribution in [3.63, 3.8) is 0 Å². The number of nitrogens with zero attached hydrogens (tertiary/aromatic N) is 2. The van der Waals surface area contributed by atoms with Gasteiger partial charge in [0, 0.05) is 18.2 Å². The molecule has 1 amide bonds. The summed E-state index contributed by atoms with van der Waals surface area (Å²) in [4.78, 5) is 14.4. The van der Waals surface area contributed by atoms with Gasteiger partial charge in [0.1, 0.15) is 0 Å². The normalized spacial score (nSPS) is 18.4. The van der Waals surface area contributed by atoms with E-state index in [2.05, 4.69) is 23.2 Å². The van der Waals surface area contributed by atoms with Crippen LogP contribution in [-0.4, -0.2) is 29.9 Å². The van der Waals surface area contributed by atoms with Gasteiger partial charge in [0.05, 0.1) is 11.6 Å². The van der Waals surface area contributed by atoms with Gasteiger partial charge in [-0.25, -0.2) is 0 Å². The lowest BCUT2D eigenvalue weighted by molar-refractivity contribution is -0.116. The van der Waals surface area contributed by atoms with E-state index in [0.717, 1.165) is 18.7 Å². The predicted octanol–water partition coefficient (Wildman–Crippen LogP) is 3.15. The summed E-state index contributed by atoms with van der Waals surface area (Å²) in [5.41, 5.74) is 1.36. The van der Waals surface area contributed by atoms with Gasteiger partial charge in [-0.05, 0) is 63.0 Å². The molecule has 1 unspecified atom stereocenters. The first-order chi connectivity index (χ1) is 10.2. The molecule has 1 fully saturated rings. The summed E-state index contributed by atoms with van der Waals surface area (Å²) < 4.78 is 0. The highest BCUT2D eigenvalue weighted by Crippen LogP contribution is 2.20. The molecule has 1 aromatic rings. The molecule has 1 aliphatic rings. The maximum Gasteiger partial charge on any atom is 0.224 e. The van der Waals surface area contributed by atoms with E-state index in [1.54, 1.807) is 24.3 Å². The Balaban J connectivity index is 1.71. The fourth-order valence-corrected chi connectivity index (χ4v) is 2.95. The Hall–Kier alpha value is -1.86. The Kier molecular flexibility index (Phi) is 5.77. The second-order valence-electron chi connectivity index (χ2n) is 5.58. The lowest BCUT2D eigenvalue weighted by Gasteiger charge is -2.22. The minimum atomic E-state index is 0.0481. The van der Waals surface area contributed by atoms with Crippen LogP contribution in [0.15, 0.2) is 24.3 Å². The summed E-state index contributed by atoms with van der Waals surface area (Å²) in [7, 11) is 0. The Morgan fingerprint density at radius 2 is 2.19 bits per heavy atom. The van der Waals surface area contributed by atoms with Crippen molar-refractivity contribution in [3.8, 4) is 6.07 Å². The summed E-state index contributed by atoms with van der Waals surface area (Å²) in [6, 6.07) is 9.74. The molecule has 0 aromatic heterocycles. The molecular weight excluding hydrogens is 262 g/mol. The SMILES string of the molecule is CCC1CCCN1CCCC(=O)Nc1ccc(C#N)cc1. The van der Waals surface area contributed by atoms with Crippen molar-refractivity contribution in [2.45, 2.75) is 45.1 Å². The van der Waals surface area contributed by atoms with E-state index >= 15 is 0 Å². The van der Waals surface area contributed by atoms with Gasteiger partial charge in [0.2, 0.25) is 5.91 Å². The molecule has 2 rings (SSSR count). The lowest BCUT2D eigenvalue weighted by Crippen LogP contribution is -2.30. The number of benzene rings is 1. The molecule has 0 spiro atoms. The van der Waals surface area contributed by atoms with Crippen molar-refractivity contribution in [2.75, 3.05) is 18.4 Å². The van der Waals surface area contributed by atoms with Crippen LogP contribution in [0.4, 0.5) is 5.69 Å². The van der Waals surface area contributed by atoms with Crippen LogP contribution in [0.1, 0.15) is 44.6 Å². The topological polar surface area (TPSA) is 56.1 Å². The van der Waals surface area contributed by atoms with Gasteiger partial charge in [-0.1, -0.05) is 6.92 Å². The fourth-order valence-electron chi connectivity index (χ4n) is 2.95. The van der Waals surface area contributed by atoms with Gasteiger partial charge >= 0.3 is 0 Å². The molecule has 4 nitrogen and oxygen atoms in total. The zero-order valence-electron chi connectivity index (χ0n) is 12.6. The third kappa shape index (κ3) is 4.57. The van der Waals surface area contributed by atoms with Crippen LogP contribution in [0.3, 0.4) is 0 Å². The van der Waals surface area contributed by atoms with Gasteiger partial charge in [0.25, 0.3) is 0 Å². The molecule has 0 saturated carbocycles. The molecule has 1 saturated heterocycles. The van der Waals surface area contributed by atoms with Crippen molar-refractivity contribution in [1.29, 1.82) is 5.26 Å². The molecule has 1 atom stereocenters. The van der Waals surface area contributed by atoms with E-state index < -0.39 is 0 Å². The number of hydrogen-bond acceptors (Lipinski definition) is 3. The number of nitrogens with one attached hydrogen (secondary N) is 1. The highest BCUT2D eigenvalue weighted by atomic mass is 16.1. The number of hydrogen-bond donors (Lipinski definition) is 1. The summed E-state index contributed by atoms with van der Waals surface area (Å²) in [6.45, 7) is 4.43. The molecule has 0 aliphatic carbocycles. The molecule has 21 heavy (non-hydrogen) atoms. The molecule has 0 radical (unpaired) electrons. The second-order valence-corrected chi connectivity index (χ2v) is 5.58. The maximum absolute atomic E-state index is 11.9. The molecule has 4 heteroatoms. The van der Waals surface area contributed by atoms with Crippen LogP contribution in [-0.2, 0) is 4.79 Å². The Labute approximate surface area is 126 Å². The van der Waals surface area contributed by atoms with Gasteiger partial charge < -0.3 is 10.2 Å². The van der Waals surface area contributed by atoms with Gasteiger partial charge in [-0.15, -0.1) is 0 Å². The number of rotatable bonds is 6. The molecular formula is C17H23N3O. The first-order valence-corrected chi connectivity index (χ1v) is 7.77. The molecule has 1 N–H and O–H groups in total.